The van der Waals surface area contributed by atoms with Gasteiger partial charge in [-0.2, -0.15) is 0 Å². The van der Waals surface area contributed by atoms with Gasteiger partial charge in [-0.3, -0.25) is 4.90 Å². The summed E-state index contributed by atoms with van der Waals surface area (Å²) in [6, 6.07) is 7.00. The first kappa shape index (κ1) is 16.8. The van der Waals surface area contributed by atoms with Crippen LogP contribution in [0.5, 0.6) is 5.75 Å². The summed E-state index contributed by atoms with van der Waals surface area (Å²) in [5.41, 5.74) is 1.34. The van der Waals surface area contributed by atoms with Gasteiger partial charge >= 0.3 is 0 Å². The molecule has 0 aliphatic carbocycles. The molecule has 1 aliphatic heterocycles. The van der Waals surface area contributed by atoms with E-state index in [-0.39, 0.29) is 0 Å². The number of ether oxygens (including phenoxy) is 1. The van der Waals surface area contributed by atoms with Crippen LogP contribution in [0.4, 0.5) is 0 Å². The van der Waals surface area contributed by atoms with Crippen molar-refractivity contribution in [1.82, 2.24) is 10.2 Å². The smallest absolute Gasteiger partial charge is 0.133 e. The maximum Gasteiger partial charge on any atom is 0.133 e. The topological polar surface area (TPSA) is 24.5 Å². The lowest BCUT2D eigenvalue weighted by molar-refractivity contribution is 0.247. The average molecular weight is 355 g/mol. The van der Waals surface area contributed by atoms with Crippen LogP contribution in [0, 0.1) is 5.92 Å². The van der Waals surface area contributed by atoms with Crippen molar-refractivity contribution in [2.24, 2.45) is 5.92 Å². The molecule has 1 aromatic rings. The molecule has 118 valence electrons. The Morgan fingerprint density at radius 2 is 2.24 bits per heavy atom. The van der Waals surface area contributed by atoms with E-state index in [1.807, 2.05) is 6.07 Å². The van der Waals surface area contributed by atoms with Gasteiger partial charge < -0.3 is 10.1 Å². The first-order valence-electron chi connectivity index (χ1n) is 7.86. The molecule has 1 heterocycles. The van der Waals surface area contributed by atoms with Crippen LogP contribution < -0.4 is 10.1 Å². The summed E-state index contributed by atoms with van der Waals surface area (Å²) < 4.78 is 6.34. The highest BCUT2D eigenvalue weighted by Crippen LogP contribution is 2.26. The minimum Gasteiger partial charge on any atom is -0.496 e. The van der Waals surface area contributed by atoms with E-state index in [0.29, 0.717) is 6.04 Å². The van der Waals surface area contributed by atoms with E-state index >= 15 is 0 Å². The summed E-state index contributed by atoms with van der Waals surface area (Å²) in [5, 5.41) is 3.69. The van der Waals surface area contributed by atoms with E-state index in [4.69, 9.17) is 4.74 Å². The van der Waals surface area contributed by atoms with Gasteiger partial charge in [0.15, 0.2) is 0 Å². The highest BCUT2D eigenvalue weighted by Gasteiger charge is 2.18. The monoisotopic (exact) mass is 354 g/mol. The first-order chi connectivity index (χ1) is 10.1. The molecule has 1 aliphatic rings. The van der Waals surface area contributed by atoms with Crippen LogP contribution in [0.3, 0.4) is 0 Å². The molecular formula is C17H27BrN2O. The van der Waals surface area contributed by atoms with Gasteiger partial charge in [-0.25, -0.2) is 0 Å². The van der Waals surface area contributed by atoms with E-state index in [2.05, 4.69) is 52.1 Å². The lowest BCUT2D eigenvalue weighted by Crippen LogP contribution is -2.38. The number of rotatable bonds is 5. The van der Waals surface area contributed by atoms with Crippen molar-refractivity contribution in [3.05, 3.63) is 28.2 Å². The van der Waals surface area contributed by atoms with E-state index in [0.717, 1.165) is 35.8 Å². The van der Waals surface area contributed by atoms with Gasteiger partial charge in [0, 0.05) is 19.1 Å². The minimum atomic E-state index is 0.620. The van der Waals surface area contributed by atoms with Crippen LogP contribution in [0.15, 0.2) is 22.7 Å². The van der Waals surface area contributed by atoms with Gasteiger partial charge in [0.05, 0.1) is 11.6 Å². The number of methoxy groups -OCH3 is 1. The normalized spacial score (nSPS) is 20.5. The minimum absolute atomic E-state index is 0.620. The van der Waals surface area contributed by atoms with Crippen molar-refractivity contribution in [2.45, 2.75) is 39.3 Å². The molecule has 1 N–H and O–H groups in total. The van der Waals surface area contributed by atoms with Crippen molar-refractivity contribution < 1.29 is 4.74 Å². The van der Waals surface area contributed by atoms with E-state index in [1.54, 1.807) is 7.11 Å². The molecule has 2 rings (SSSR count). The van der Waals surface area contributed by atoms with Gasteiger partial charge in [0.2, 0.25) is 0 Å². The zero-order valence-corrected chi connectivity index (χ0v) is 14.9. The fraction of sp³-hybridized carbons (Fsp3) is 0.647. The third-order valence-corrected chi connectivity index (χ3v) is 4.56. The molecule has 0 radical (unpaired) electrons. The average Bonchev–Trinajstić information content (AvgIpc) is 2.63. The Labute approximate surface area is 137 Å². The molecule has 21 heavy (non-hydrogen) atoms. The van der Waals surface area contributed by atoms with Crippen LogP contribution in [0.2, 0.25) is 0 Å². The highest BCUT2D eigenvalue weighted by atomic mass is 79.9. The molecule has 1 atom stereocenters. The van der Waals surface area contributed by atoms with Crippen molar-refractivity contribution in [2.75, 3.05) is 26.7 Å². The molecule has 0 saturated carbocycles. The predicted molar refractivity (Wildman–Crippen MR) is 91.8 cm³/mol. The second kappa shape index (κ2) is 8.16. The van der Waals surface area contributed by atoms with Crippen LogP contribution in [0.1, 0.15) is 32.3 Å². The molecule has 1 saturated heterocycles. The fourth-order valence-electron chi connectivity index (χ4n) is 3.01. The van der Waals surface area contributed by atoms with Crippen molar-refractivity contribution >= 4 is 15.9 Å². The lowest BCUT2D eigenvalue weighted by Gasteiger charge is -2.25. The number of benzene rings is 1. The Morgan fingerprint density at radius 3 is 2.90 bits per heavy atom. The van der Waals surface area contributed by atoms with Crippen molar-refractivity contribution in [1.29, 1.82) is 0 Å². The van der Waals surface area contributed by atoms with Gasteiger partial charge in [0.25, 0.3) is 0 Å². The summed E-state index contributed by atoms with van der Waals surface area (Å²) in [7, 11) is 1.71. The number of hydrogen-bond donors (Lipinski definition) is 1. The van der Waals surface area contributed by atoms with Gasteiger partial charge in [-0.15, -0.1) is 0 Å². The second-order valence-electron chi connectivity index (χ2n) is 6.34. The molecule has 3 nitrogen and oxygen atoms in total. The molecule has 0 amide bonds. The van der Waals surface area contributed by atoms with E-state index in [1.165, 1.54) is 24.9 Å². The summed E-state index contributed by atoms with van der Waals surface area (Å²) in [4.78, 5) is 2.57. The van der Waals surface area contributed by atoms with Crippen molar-refractivity contribution in [3.63, 3.8) is 0 Å². The van der Waals surface area contributed by atoms with Gasteiger partial charge in [-0.1, -0.05) is 19.9 Å². The lowest BCUT2D eigenvalue weighted by atomic mass is 10.0. The summed E-state index contributed by atoms with van der Waals surface area (Å²) in [5.74, 6) is 1.64. The zero-order chi connectivity index (χ0) is 15.2. The van der Waals surface area contributed by atoms with E-state index in [9.17, 15) is 0 Å². The van der Waals surface area contributed by atoms with Crippen LogP contribution in [0.25, 0.3) is 0 Å². The largest absolute Gasteiger partial charge is 0.496 e. The number of hydrogen-bond acceptors (Lipinski definition) is 3. The highest BCUT2D eigenvalue weighted by molar-refractivity contribution is 9.10. The molecule has 0 spiro atoms. The second-order valence-corrected chi connectivity index (χ2v) is 7.19. The molecule has 0 aromatic heterocycles. The number of halogens is 1. The fourth-order valence-corrected chi connectivity index (χ4v) is 3.60. The van der Waals surface area contributed by atoms with Gasteiger partial charge in [0.1, 0.15) is 5.75 Å². The standard InChI is InChI=1S/C17H27BrN2O/c1-13(2)9-15-12-20(8-4-7-19-15)11-14-5-6-17(21-3)16(18)10-14/h5-6,10,13,15,19H,4,7-9,11-12H2,1-3H3. The van der Waals surface area contributed by atoms with Crippen LogP contribution in [-0.4, -0.2) is 37.7 Å². The predicted octanol–water partition coefficient (Wildman–Crippen LogP) is 3.67. The molecular weight excluding hydrogens is 328 g/mol. The number of nitrogens with zero attached hydrogens (tertiary/aromatic N) is 1. The first-order valence-corrected chi connectivity index (χ1v) is 8.66. The summed E-state index contributed by atoms with van der Waals surface area (Å²) in [6.45, 7) is 9.07. The maximum atomic E-state index is 5.30. The summed E-state index contributed by atoms with van der Waals surface area (Å²) >= 11 is 3.58. The Morgan fingerprint density at radius 1 is 1.43 bits per heavy atom. The Bertz CT molecular complexity index is 450. The third kappa shape index (κ3) is 5.28. The molecule has 1 aromatic carbocycles. The number of nitrogens with one attached hydrogen (secondary N) is 1. The van der Waals surface area contributed by atoms with Crippen LogP contribution in [-0.2, 0) is 6.54 Å². The Balaban J connectivity index is 1.98. The quantitative estimate of drug-likeness (QED) is 0.872. The molecule has 4 heteroatoms. The summed E-state index contributed by atoms with van der Waals surface area (Å²) in [6.07, 6.45) is 2.48. The van der Waals surface area contributed by atoms with E-state index < -0.39 is 0 Å². The third-order valence-electron chi connectivity index (χ3n) is 3.94. The van der Waals surface area contributed by atoms with Gasteiger partial charge in [-0.05, 0) is 65.5 Å². The Hall–Kier alpha value is -0.580. The Kier molecular flexibility index (Phi) is 6.52. The zero-order valence-electron chi connectivity index (χ0n) is 13.4. The SMILES string of the molecule is COc1ccc(CN2CCCNC(CC(C)C)C2)cc1Br. The van der Waals surface area contributed by atoms with Crippen LogP contribution >= 0.6 is 15.9 Å². The molecule has 0 bridgehead atoms. The molecule has 1 fully saturated rings. The maximum absolute atomic E-state index is 5.30. The molecule has 1 unspecified atom stereocenters. The van der Waals surface area contributed by atoms with Crippen molar-refractivity contribution in [3.8, 4) is 5.75 Å².